The van der Waals surface area contributed by atoms with Crippen LogP contribution < -0.4 is 9.80 Å². The third kappa shape index (κ3) is 6.12. The zero-order chi connectivity index (χ0) is 29.4. The van der Waals surface area contributed by atoms with Gasteiger partial charge in [0.1, 0.15) is 0 Å². The molecule has 0 bridgehead atoms. The maximum atomic E-state index is 13.6. The Hall–Kier alpha value is -3.91. The van der Waals surface area contributed by atoms with Gasteiger partial charge in [-0.1, -0.05) is 12.0 Å². The smallest absolute Gasteiger partial charge is 0.416 e. The summed E-state index contributed by atoms with van der Waals surface area (Å²) in [5.74, 6) is -0.0571. The number of H-pyrrole nitrogens is 1. The lowest BCUT2D eigenvalue weighted by Crippen LogP contribution is -2.48. The highest BCUT2D eigenvalue weighted by atomic mass is 19.4. The summed E-state index contributed by atoms with van der Waals surface area (Å²) in [4.78, 5) is 20.6. The molecule has 15 heteroatoms. The maximum absolute atomic E-state index is 13.6. The van der Waals surface area contributed by atoms with E-state index in [2.05, 4.69) is 25.6 Å². The number of halogens is 6. The normalized spacial score (nSPS) is 17.6. The molecule has 0 aliphatic carbocycles. The SMILES string of the molecule is CCC1CC(N(Cc2cc(C(F)(F)F)cc(C(F)(F)F)c2)c2nn[nH]n2)c2nc(C)ccc2N1C(=O)OC(C)C. The highest BCUT2D eigenvalue weighted by molar-refractivity contribution is 5.90. The summed E-state index contributed by atoms with van der Waals surface area (Å²) in [5, 5.41) is 13.8. The molecular formula is C25H27F6N7O2. The largest absolute Gasteiger partial charge is 0.446 e. The third-order valence-corrected chi connectivity index (χ3v) is 6.45. The number of fused-ring (bicyclic) bond motifs is 1. The molecule has 2 atom stereocenters. The quantitative estimate of drug-likeness (QED) is 0.351. The number of ether oxygens (including phenoxy) is 1. The van der Waals surface area contributed by atoms with Crippen molar-refractivity contribution >= 4 is 17.7 Å². The molecule has 2 unspecified atom stereocenters. The van der Waals surface area contributed by atoms with Crippen LogP contribution in [0.2, 0.25) is 0 Å². The van der Waals surface area contributed by atoms with Crippen LogP contribution >= 0.6 is 0 Å². The van der Waals surface area contributed by atoms with Crippen molar-refractivity contribution < 1.29 is 35.9 Å². The van der Waals surface area contributed by atoms with E-state index >= 15 is 0 Å². The Kier molecular flexibility index (Phi) is 7.94. The fraction of sp³-hybridized carbons (Fsp3) is 0.480. The first-order valence-electron chi connectivity index (χ1n) is 12.4. The molecule has 0 fully saturated rings. The minimum Gasteiger partial charge on any atom is -0.446 e. The molecular weight excluding hydrogens is 544 g/mol. The van der Waals surface area contributed by atoms with Crippen LogP contribution in [0.3, 0.4) is 0 Å². The zero-order valence-corrected chi connectivity index (χ0v) is 22.0. The average molecular weight is 572 g/mol. The van der Waals surface area contributed by atoms with Crippen molar-refractivity contribution in [2.45, 2.75) is 77.6 Å². The summed E-state index contributed by atoms with van der Waals surface area (Å²) in [5.41, 5.74) is -1.76. The van der Waals surface area contributed by atoms with Crippen molar-refractivity contribution in [1.29, 1.82) is 0 Å². The minimum absolute atomic E-state index is 0.0571. The van der Waals surface area contributed by atoms with Gasteiger partial charge in [0.2, 0.25) is 0 Å². The second kappa shape index (κ2) is 10.9. The molecule has 0 saturated heterocycles. The minimum atomic E-state index is -5.01. The molecule has 2 aromatic heterocycles. The lowest BCUT2D eigenvalue weighted by molar-refractivity contribution is -0.143. The number of rotatable bonds is 6. The van der Waals surface area contributed by atoms with E-state index < -0.39 is 54.3 Å². The molecule has 3 heterocycles. The van der Waals surface area contributed by atoms with Crippen LogP contribution in [0.5, 0.6) is 0 Å². The predicted molar refractivity (Wildman–Crippen MR) is 131 cm³/mol. The number of aryl methyl sites for hydroxylation is 1. The Morgan fingerprint density at radius 2 is 1.77 bits per heavy atom. The van der Waals surface area contributed by atoms with Gasteiger partial charge in [0.05, 0.1) is 34.7 Å². The Morgan fingerprint density at radius 1 is 1.12 bits per heavy atom. The Balaban J connectivity index is 1.85. The van der Waals surface area contributed by atoms with Crippen LogP contribution in [-0.2, 0) is 23.6 Å². The number of tetrazole rings is 1. The Bertz CT molecular complexity index is 1310. The third-order valence-electron chi connectivity index (χ3n) is 6.45. The van der Waals surface area contributed by atoms with E-state index in [0.29, 0.717) is 35.6 Å². The van der Waals surface area contributed by atoms with Crippen LogP contribution in [0.15, 0.2) is 30.3 Å². The van der Waals surface area contributed by atoms with E-state index in [-0.39, 0.29) is 24.0 Å². The molecule has 1 amide bonds. The van der Waals surface area contributed by atoms with E-state index in [1.807, 2.05) is 6.92 Å². The Morgan fingerprint density at radius 3 is 2.30 bits per heavy atom. The molecule has 1 aliphatic rings. The van der Waals surface area contributed by atoms with Crippen LogP contribution in [-0.4, -0.2) is 43.8 Å². The lowest BCUT2D eigenvalue weighted by atomic mass is 9.91. The van der Waals surface area contributed by atoms with Gasteiger partial charge in [0.25, 0.3) is 5.95 Å². The summed E-state index contributed by atoms with van der Waals surface area (Å²) in [6.45, 7) is 6.57. The number of amides is 1. The zero-order valence-electron chi connectivity index (χ0n) is 22.0. The predicted octanol–water partition coefficient (Wildman–Crippen LogP) is 6.22. The van der Waals surface area contributed by atoms with Crippen molar-refractivity contribution in [1.82, 2.24) is 25.6 Å². The Labute approximate surface area is 225 Å². The second-order valence-electron chi connectivity index (χ2n) is 9.73. The number of aromatic nitrogens is 5. The fourth-order valence-electron chi connectivity index (χ4n) is 4.73. The maximum Gasteiger partial charge on any atom is 0.416 e. The molecule has 1 aliphatic heterocycles. The number of pyridine rings is 1. The number of hydrogen-bond acceptors (Lipinski definition) is 7. The van der Waals surface area contributed by atoms with Gasteiger partial charge >= 0.3 is 18.4 Å². The molecule has 1 N–H and O–H groups in total. The number of alkyl halides is 6. The summed E-state index contributed by atoms with van der Waals surface area (Å²) in [7, 11) is 0. The van der Waals surface area contributed by atoms with Gasteiger partial charge in [-0.2, -0.15) is 31.6 Å². The molecule has 9 nitrogen and oxygen atoms in total. The van der Waals surface area contributed by atoms with E-state index in [4.69, 9.17) is 4.74 Å². The van der Waals surface area contributed by atoms with Crippen molar-refractivity contribution in [3.8, 4) is 0 Å². The van der Waals surface area contributed by atoms with Gasteiger partial charge in [0.15, 0.2) is 0 Å². The number of nitrogens with zero attached hydrogens (tertiary/aromatic N) is 6. The van der Waals surface area contributed by atoms with Crippen molar-refractivity contribution in [3.63, 3.8) is 0 Å². The van der Waals surface area contributed by atoms with E-state index in [1.165, 1.54) is 9.80 Å². The number of carbonyl (C=O) groups is 1. The van der Waals surface area contributed by atoms with Crippen molar-refractivity contribution in [3.05, 3.63) is 58.4 Å². The fourth-order valence-corrected chi connectivity index (χ4v) is 4.73. The first kappa shape index (κ1) is 29.1. The standard InChI is InChI=1S/C25H27F6N7O2/c1-5-18-11-20(21-19(7-6-14(4)32-21)38(18)23(39)40-13(2)3)37(22-33-35-36-34-22)12-15-8-16(24(26,27)28)10-17(9-15)25(29,30)31/h6-10,13,18,20H,5,11-12H2,1-4H3,(H,33,34,35,36). The van der Waals surface area contributed by atoms with Crippen LogP contribution in [0.1, 0.15) is 67.7 Å². The summed E-state index contributed by atoms with van der Waals surface area (Å²) >= 11 is 0. The summed E-state index contributed by atoms with van der Waals surface area (Å²) in [6, 6.07) is 3.63. The molecule has 4 rings (SSSR count). The second-order valence-corrected chi connectivity index (χ2v) is 9.73. The number of hydrogen-bond donors (Lipinski definition) is 1. The molecule has 0 saturated carbocycles. The van der Waals surface area contributed by atoms with Gasteiger partial charge in [0, 0.05) is 18.3 Å². The van der Waals surface area contributed by atoms with Crippen LogP contribution in [0, 0.1) is 6.92 Å². The molecule has 0 spiro atoms. The molecule has 1 aromatic carbocycles. The van der Waals surface area contributed by atoms with Gasteiger partial charge in [-0.05, 0) is 74.7 Å². The number of carbonyl (C=O) groups excluding carboxylic acids is 1. The first-order chi connectivity index (χ1) is 18.7. The molecule has 0 radical (unpaired) electrons. The highest BCUT2D eigenvalue weighted by Gasteiger charge is 2.42. The van der Waals surface area contributed by atoms with E-state index in [0.717, 1.165) is 0 Å². The first-order valence-corrected chi connectivity index (χ1v) is 12.4. The summed E-state index contributed by atoms with van der Waals surface area (Å²) < 4.78 is 86.9. The van der Waals surface area contributed by atoms with Crippen LogP contribution in [0.4, 0.5) is 42.8 Å². The van der Waals surface area contributed by atoms with Crippen molar-refractivity contribution in [2.24, 2.45) is 0 Å². The van der Waals surface area contributed by atoms with E-state index in [1.54, 1.807) is 32.9 Å². The molecule has 216 valence electrons. The van der Waals surface area contributed by atoms with Crippen molar-refractivity contribution in [2.75, 3.05) is 9.80 Å². The number of nitrogens with one attached hydrogen (secondary N) is 1. The highest BCUT2D eigenvalue weighted by Crippen LogP contribution is 2.43. The topological polar surface area (TPSA) is 100 Å². The lowest BCUT2D eigenvalue weighted by Gasteiger charge is -2.43. The van der Waals surface area contributed by atoms with E-state index in [9.17, 15) is 31.1 Å². The summed E-state index contributed by atoms with van der Waals surface area (Å²) in [6.07, 6.45) is -10.3. The number of anilines is 2. The van der Waals surface area contributed by atoms with Gasteiger partial charge in [-0.15, -0.1) is 5.10 Å². The number of benzene rings is 1. The van der Waals surface area contributed by atoms with Crippen LogP contribution in [0.25, 0.3) is 0 Å². The van der Waals surface area contributed by atoms with Gasteiger partial charge in [-0.3, -0.25) is 9.88 Å². The monoisotopic (exact) mass is 571 g/mol. The number of aromatic amines is 1. The van der Waals surface area contributed by atoms with Gasteiger partial charge < -0.3 is 9.64 Å². The molecule has 3 aromatic rings. The van der Waals surface area contributed by atoms with Gasteiger partial charge in [-0.25, -0.2) is 4.79 Å². The molecule has 40 heavy (non-hydrogen) atoms. The average Bonchev–Trinajstić information content (AvgIpc) is 3.39.